The van der Waals surface area contributed by atoms with Crippen LogP contribution in [0.3, 0.4) is 0 Å². The Morgan fingerprint density at radius 2 is 1.84 bits per heavy atom. The topological polar surface area (TPSA) is 75.7 Å². The van der Waals surface area contributed by atoms with Gasteiger partial charge in [0.05, 0.1) is 5.56 Å². The first-order chi connectivity index (χ1) is 12.0. The minimum absolute atomic E-state index is 0.0144. The molecule has 2 amide bonds. The van der Waals surface area contributed by atoms with Crippen LogP contribution in [-0.2, 0) is 20.7 Å². The number of likely N-dealkylation sites (tertiary alicyclic amines) is 1. The fourth-order valence-electron chi connectivity index (χ4n) is 3.34. The number of hydrogen-bond acceptors (Lipinski definition) is 4. The summed E-state index contributed by atoms with van der Waals surface area (Å²) in [6.07, 6.45) is 4.51. The molecule has 6 heteroatoms. The molecule has 1 aromatic carbocycles. The van der Waals surface area contributed by atoms with Crippen molar-refractivity contribution in [3.05, 3.63) is 29.3 Å². The Bertz CT molecular complexity index is 678. The van der Waals surface area contributed by atoms with Crippen molar-refractivity contribution < 1.29 is 19.1 Å². The zero-order valence-electron chi connectivity index (χ0n) is 14.5. The molecule has 0 saturated carbocycles. The molecule has 3 rings (SSSR count). The molecule has 25 heavy (non-hydrogen) atoms. The van der Waals surface area contributed by atoms with E-state index in [0.29, 0.717) is 18.4 Å². The molecule has 2 heterocycles. The number of carbonyl (C=O) groups is 3. The highest BCUT2D eigenvalue weighted by molar-refractivity contribution is 5.96. The van der Waals surface area contributed by atoms with E-state index in [9.17, 15) is 14.4 Å². The molecule has 0 radical (unpaired) electrons. The third kappa shape index (κ3) is 4.18. The summed E-state index contributed by atoms with van der Waals surface area (Å²) in [6, 6.07) is 5.07. The second-order valence-electron chi connectivity index (χ2n) is 6.71. The average Bonchev–Trinajstić information content (AvgIpc) is 2.89. The molecule has 0 bridgehead atoms. The molecule has 0 spiro atoms. The van der Waals surface area contributed by atoms with E-state index < -0.39 is 12.1 Å². The molecule has 1 unspecified atom stereocenters. The number of fused-ring (bicyclic) bond motifs is 1. The highest BCUT2D eigenvalue weighted by Gasteiger charge is 2.25. The van der Waals surface area contributed by atoms with Gasteiger partial charge < -0.3 is 15.0 Å². The summed E-state index contributed by atoms with van der Waals surface area (Å²) in [5.74, 6) is -0.643. The largest absolute Gasteiger partial charge is 0.449 e. The smallest absolute Gasteiger partial charge is 0.338 e. The summed E-state index contributed by atoms with van der Waals surface area (Å²) in [5.41, 5.74) is 2.06. The van der Waals surface area contributed by atoms with Crippen molar-refractivity contribution in [2.45, 2.75) is 51.6 Å². The van der Waals surface area contributed by atoms with E-state index in [-0.39, 0.29) is 11.8 Å². The number of carbonyl (C=O) groups excluding carboxylic acids is 3. The second-order valence-corrected chi connectivity index (χ2v) is 6.71. The van der Waals surface area contributed by atoms with Crippen LogP contribution in [0.15, 0.2) is 18.2 Å². The van der Waals surface area contributed by atoms with Crippen LogP contribution in [0, 0.1) is 0 Å². The van der Waals surface area contributed by atoms with Crippen LogP contribution in [0.1, 0.15) is 54.9 Å². The first-order valence-corrected chi connectivity index (χ1v) is 8.97. The predicted octanol–water partition coefficient (Wildman–Crippen LogP) is 2.52. The van der Waals surface area contributed by atoms with Gasteiger partial charge >= 0.3 is 5.97 Å². The third-order valence-corrected chi connectivity index (χ3v) is 4.79. The number of benzene rings is 1. The average molecular weight is 344 g/mol. The molecule has 1 fully saturated rings. The minimum atomic E-state index is -0.790. The van der Waals surface area contributed by atoms with Crippen LogP contribution >= 0.6 is 0 Å². The first-order valence-electron chi connectivity index (χ1n) is 8.97. The van der Waals surface area contributed by atoms with Crippen molar-refractivity contribution in [3.63, 3.8) is 0 Å². The lowest BCUT2D eigenvalue weighted by atomic mass is 10.0. The van der Waals surface area contributed by atoms with Gasteiger partial charge in [0.2, 0.25) is 5.91 Å². The van der Waals surface area contributed by atoms with Crippen molar-refractivity contribution in [2.24, 2.45) is 0 Å². The number of aryl methyl sites for hydroxylation is 1. The molecule has 1 N–H and O–H groups in total. The van der Waals surface area contributed by atoms with E-state index in [0.717, 1.165) is 50.0 Å². The van der Waals surface area contributed by atoms with E-state index in [4.69, 9.17) is 4.74 Å². The van der Waals surface area contributed by atoms with Gasteiger partial charge in [-0.15, -0.1) is 0 Å². The summed E-state index contributed by atoms with van der Waals surface area (Å²) < 4.78 is 5.39. The molecule has 6 nitrogen and oxygen atoms in total. The highest BCUT2D eigenvalue weighted by Crippen LogP contribution is 2.24. The zero-order chi connectivity index (χ0) is 17.8. The molecular weight excluding hydrogens is 320 g/mol. The van der Waals surface area contributed by atoms with E-state index >= 15 is 0 Å². The normalized spacial score (nSPS) is 18.6. The van der Waals surface area contributed by atoms with E-state index in [2.05, 4.69) is 5.32 Å². The fourth-order valence-corrected chi connectivity index (χ4v) is 3.34. The molecule has 1 saturated heterocycles. The SMILES string of the molecule is CC(OC(=O)c1ccc2c(c1)CCC(=O)N2)C(=O)N1CCCCCC1. The van der Waals surface area contributed by atoms with Gasteiger partial charge in [-0.1, -0.05) is 12.8 Å². The number of amides is 2. The summed E-state index contributed by atoms with van der Waals surface area (Å²) in [6.45, 7) is 3.10. The van der Waals surface area contributed by atoms with Crippen molar-refractivity contribution in [3.8, 4) is 0 Å². The maximum absolute atomic E-state index is 12.5. The van der Waals surface area contributed by atoms with Crippen molar-refractivity contribution in [1.82, 2.24) is 4.90 Å². The van der Waals surface area contributed by atoms with E-state index in [1.807, 2.05) is 0 Å². The standard InChI is InChI=1S/C19H24N2O4/c1-13(18(23)21-10-4-2-3-5-11-21)25-19(24)15-6-8-16-14(12-15)7-9-17(22)20-16/h6,8,12-13H,2-5,7,9-11H2,1H3,(H,20,22). The summed E-state index contributed by atoms with van der Waals surface area (Å²) in [4.78, 5) is 38.1. The Morgan fingerprint density at radius 3 is 2.56 bits per heavy atom. The number of nitrogens with zero attached hydrogens (tertiary/aromatic N) is 1. The monoisotopic (exact) mass is 344 g/mol. The van der Waals surface area contributed by atoms with Crippen LogP contribution < -0.4 is 5.32 Å². The van der Waals surface area contributed by atoms with Crippen LogP contribution in [0.25, 0.3) is 0 Å². The lowest BCUT2D eigenvalue weighted by molar-refractivity contribution is -0.139. The number of anilines is 1. The number of esters is 1. The lowest BCUT2D eigenvalue weighted by Crippen LogP contribution is -2.40. The molecule has 1 atom stereocenters. The first kappa shape index (κ1) is 17.5. The minimum Gasteiger partial charge on any atom is -0.449 e. The predicted molar refractivity (Wildman–Crippen MR) is 93.3 cm³/mol. The van der Waals surface area contributed by atoms with Crippen molar-refractivity contribution in [2.75, 3.05) is 18.4 Å². The van der Waals surface area contributed by atoms with Gasteiger partial charge in [0.25, 0.3) is 5.91 Å². The molecule has 0 aliphatic carbocycles. The lowest BCUT2D eigenvalue weighted by Gasteiger charge is -2.24. The molecule has 134 valence electrons. The van der Waals surface area contributed by atoms with E-state index in [1.165, 1.54) is 0 Å². The van der Waals surface area contributed by atoms with Gasteiger partial charge in [0.15, 0.2) is 6.10 Å². The van der Waals surface area contributed by atoms with Crippen molar-refractivity contribution >= 4 is 23.5 Å². The quantitative estimate of drug-likeness (QED) is 0.855. The zero-order valence-corrected chi connectivity index (χ0v) is 14.5. The van der Waals surface area contributed by atoms with Crippen LogP contribution in [0.2, 0.25) is 0 Å². The van der Waals surface area contributed by atoms with Gasteiger partial charge in [-0.05, 0) is 49.9 Å². The van der Waals surface area contributed by atoms with E-state index in [1.54, 1.807) is 30.0 Å². The number of ether oxygens (including phenoxy) is 1. The maximum Gasteiger partial charge on any atom is 0.338 e. The summed E-state index contributed by atoms with van der Waals surface area (Å²) in [7, 11) is 0. The Morgan fingerprint density at radius 1 is 1.12 bits per heavy atom. The number of nitrogens with one attached hydrogen (secondary N) is 1. The molecule has 1 aromatic rings. The number of rotatable bonds is 3. The van der Waals surface area contributed by atoms with Crippen LogP contribution in [-0.4, -0.2) is 41.9 Å². The Labute approximate surface area is 147 Å². The molecule has 2 aliphatic rings. The van der Waals surface area contributed by atoms with Crippen LogP contribution in [0.4, 0.5) is 5.69 Å². The van der Waals surface area contributed by atoms with Gasteiger partial charge in [-0.25, -0.2) is 4.79 Å². The molecule has 2 aliphatic heterocycles. The van der Waals surface area contributed by atoms with Gasteiger partial charge in [0.1, 0.15) is 0 Å². The Hall–Kier alpha value is -2.37. The second kappa shape index (κ2) is 7.68. The maximum atomic E-state index is 12.5. The summed E-state index contributed by atoms with van der Waals surface area (Å²) in [5, 5.41) is 2.78. The van der Waals surface area contributed by atoms with Gasteiger partial charge in [0, 0.05) is 25.2 Å². The Balaban J connectivity index is 1.63. The number of hydrogen-bond donors (Lipinski definition) is 1. The highest BCUT2D eigenvalue weighted by atomic mass is 16.5. The Kier molecular flexibility index (Phi) is 5.36. The fraction of sp³-hybridized carbons (Fsp3) is 0.526. The molecular formula is C19H24N2O4. The summed E-state index contributed by atoms with van der Waals surface area (Å²) >= 11 is 0. The van der Waals surface area contributed by atoms with Gasteiger partial charge in [-0.3, -0.25) is 9.59 Å². The van der Waals surface area contributed by atoms with Gasteiger partial charge in [-0.2, -0.15) is 0 Å². The third-order valence-electron chi connectivity index (χ3n) is 4.79. The van der Waals surface area contributed by atoms with Crippen molar-refractivity contribution in [1.29, 1.82) is 0 Å². The molecule has 0 aromatic heterocycles. The van der Waals surface area contributed by atoms with Crippen LogP contribution in [0.5, 0.6) is 0 Å².